The first-order valence-corrected chi connectivity index (χ1v) is 10.2. The van der Waals surface area contributed by atoms with E-state index in [0.29, 0.717) is 17.7 Å². The van der Waals surface area contributed by atoms with Crippen molar-refractivity contribution in [2.45, 2.75) is 51.4 Å². The van der Waals surface area contributed by atoms with E-state index in [2.05, 4.69) is 26.8 Å². The number of hydrogen-bond donors (Lipinski definition) is 0. The summed E-state index contributed by atoms with van der Waals surface area (Å²) >= 11 is 0. The van der Waals surface area contributed by atoms with Crippen molar-refractivity contribution in [3.05, 3.63) is 54.3 Å². The van der Waals surface area contributed by atoms with E-state index in [1.165, 1.54) is 6.92 Å². The summed E-state index contributed by atoms with van der Waals surface area (Å²) in [4.78, 5) is 23.9. The van der Waals surface area contributed by atoms with E-state index in [1.807, 2.05) is 11.1 Å². The molecule has 1 fully saturated rings. The molecule has 8 heteroatoms. The van der Waals surface area contributed by atoms with E-state index in [1.54, 1.807) is 30.6 Å². The average molecular weight is 409 g/mol. The number of carbonyl (C=O) groups excluding carboxylic acids is 1. The van der Waals surface area contributed by atoms with Gasteiger partial charge in [-0.15, -0.1) is 10.2 Å². The highest BCUT2D eigenvalue weighted by Crippen LogP contribution is 2.34. The number of pyridine rings is 1. The lowest BCUT2D eigenvalue weighted by molar-refractivity contribution is 0.0621. The number of carbonyl (C=O) groups is 1. The first-order chi connectivity index (χ1) is 14.6. The summed E-state index contributed by atoms with van der Waals surface area (Å²) < 4.78 is 18.7. The quantitative estimate of drug-likeness (QED) is 0.520. The molecule has 1 amide bonds. The van der Waals surface area contributed by atoms with Crippen LogP contribution in [-0.2, 0) is 6.54 Å². The lowest BCUT2D eigenvalue weighted by atomic mass is 9.84. The van der Waals surface area contributed by atoms with Crippen molar-refractivity contribution in [1.29, 1.82) is 0 Å². The first-order valence-electron chi connectivity index (χ1n) is 10.2. The Kier molecular flexibility index (Phi) is 5.83. The van der Waals surface area contributed by atoms with Crippen LogP contribution in [-0.4, -0.2) is 38.2 Å². The summed E-state index contributed by atoms with van der Waals surface area (Å²) in [5, 5.41) is 7.58. The first kappa shape index (κ1) is 20.1. The Morgan fingerprint density at radius 2 is 2.20 bits per heavy atom. The van der Waals surface area contributed by atoms with Crippen molar-refractivity contribution in [3.8, 4) is 11.5 Å². The Balaban J connectivity index is 1.56. The summed E-state index contributed by atoms with van der Waals surface area (Å²) in [5.74, 6) is 0.224. The minimum absolute atomic E-state index is 0.0510. The number of aliphatic imine (C=N–C) groups is 1. The van der Waals surface area contributed by atoms with Gasteiger partial charge in [-0.2, -0.15) is 0 Å². The fraction of sp³-hybridized carbons (Fsp3) is 0.409. The number of alkyl halides is 1. The smallest absolute Gasteiger partial charge is 0.256 e. The number of amides is 1. The van der Waals surface area contributed by atoms with Crippen LogP contribution in [0, 0.1) is 5.92 Å². The van der Waals surface area contributed by atoms with E-state index in [9.17, 15) is 9.18 Å². The fourth-order valence-electron chi connectivity index (χ4n) is 4.06. The standard InChI is InChI=1S/C22H24FN5O2/c1-3-4-9-24-11-15-7-5-6-8-19(15)28-13-18-17(22(28)29)10-16(12-25-18)21-27-26-20(30-21)14(2)23/h3-4,9-12,14-15,19H,1,5-8,13H2,2H3/b9-4-,24-11?/t14?,15-,19?/m0/s1. The van der Waals surface area contributed by atoms with Gasteiger partial charge in [-0.3, -0.25) is 14.8 Å². The van der Waals surface area contributed by atoms with Crippen LogP contribution in [0.2, 0.25) is 0 Å². The number of halogens is 1. The van der Waals surface area contributed by atoms with Crippen molar-refractivity contribution in [2.75, 3.05) is 0 Å². The predicted molar refractivity (Wildman–Crippen MR) is 111 cm³/mol. The van der Waals surface area contributed by atoms with E-state index in [0.717, 1.165) is 31.4 Å². The summed E-state index contributed by atoms with van der Waals surface area (Å²) in [6.07, 6.45) is 11.5. The monoisotopic (exact) mass is 409 g/mol. The van der Waals surface area contributed by atoms with Crippen LogP contribution in [0.4, 0.5) is 4.39 Å². The molecule has 0 spiro atoms. The molecule has 0 bridgehead atoms. The van der Waals surface area contributed by atoms with E-state index < -0.39 is 6.17 Å². The number of rotatable bonds is 6. The second-order valence-corrected chi connectivity index (χ2v) is 7.60. The SMILES string of the molecule is C=C/C=C\N=C[C@@H]1CCCCC1N1Cc2ncc(-c3nnc(C(C)F)o3)cc2C1=O. The Morgan fingerprint density at radius 1 is 1.37 bits per heavy atom. The van der Waals surface area contributed by atoms with Gasteiger partial charge in [0.1, 0.15) is 0 Å². The summed E-state index contributed by atoms with van der Waals surface area (Å²) in [5.41, 5.74) is 1.78. The van der Waals surface area contributed by atoms with Gasteiger partial charge in [-0.25, -0.2) is 4.39 Å². The third-order valence-electron chi connectivity index (χ3n) is 5.58. The molecule has 1 aliphatic heterocycles. The highest BCUT2D eigenvalue weighted by Gasteiger charge is 2.38. The van der Waals surface area contributed by atoms with Crippen molar-refractivity contribution < 1.29 is 13.6 Å². The normalized spacial score (nSPS) is 22.7. The molecule has 2 aromatic rings. The van der Waals surface area contributed by atoms with Gasteiger partial charge < -0.3 is 9.32 Å². The molecule has 30 heavy (non-hydrogen) atoms. The molecule has 2 aliphatic rings. The molecular formula is C22H24FN5O2. The van der Waals surface area contributed by atoms with Gasteiger partial charge in [0.25, 0.3) is 11.8 Å². The Labute approximate surface area is 174 Å². The van der Waals surface area contributed by atoms with Gasteiger partial charge in [0.2, 0.25) is 5.89 Å². The Hall–Kier alpha value is -3.16. The Morgan fingerprint density at radius 3 is 2.97 bits per heavy atom. The topological polar surface area (TPSA) is 84.5 Å². The van der Waals surface area contributed by atoms with Crippen LogP contribution in [0.3, 0.4) is 0 Å². The minimum atomic E-state index is -1.35. The molecule has 3 atom stereocenters. The van der Waals surface area contributed by atoms with Crippen molar-refractivity contribution >= 4 is 12.1 Å². The predicted octanol–water partition coefficient (Wildman–Crippen LogP) is 4.45. The number of allylic oxidation sites excluding steroid dienone is 2. The van der Waals surface area contributed by atoms with E-state index in [4.69, 9.17) is 4.42 Å². The molecule has 0 saturated heterocycles. The summed E-state index contributed by atoms with van der Waals surface area (Å²) in [6, 6.07) is 1.80. The van der Waals surface area contributed by atoms with Crippen LogP contribution >= 0.6 is 0 Å². The third kappa shape index (κ3) is 3.94. The van der Waals surface area contributed by atoms with Crippen molar-refractivity contribution in [2.24, 2.45) is 10.9 Å². The molecule has 2 aromatic heterocycles. The van der Waals surface area contributed by atoms with Gasteiger partial charge >= 0.3 is 0 Å². The van der Waals surface area contributed by atoms with Crippen LogP contribution in [0.1, 0.15) is 60.7 Å². The summed E-state index contributed by atoms with van der Waals surface area (Å²) in [7, 11) is 0. The van der Waals surface area contributed by atoms with Gasteiger partial charge in [0, 0.05) is 30.6 Å². The zero-order chi connectivity index (χ0) is 21.1. The van der Waals surface area contributed by atoms with Crippen LogP contribution in [0.5, 0.6) is 0 Å². The second kappa shape index (κ2) is 8.69. The van der Waals surface area contributed by atoms with Gasteiger partial charge in [-0.1, -0.05) is 25.5 Å². The molecule has 1 saturated carbocycles. The second-order valence-electron chi connectivity index (χ2n) is 7.60. The zero-order valence-corrected chi connectivity index (χ0v) is 16.9. The molecule has 2 unspecified atom stereocenters. The number of aromatic nitrogens is 3. The van der Waals surface area contributed by atoms with E-state index in [-0.39, 0.29) is 29.6 Å². The lowest BCUT2D eigenvalue weighted by Crippen LogP contribution is -2.43. The van der Waals surface area contributed by atoms with Gasteiger partial charge in [0.15, 0.2) is 6.17 Å². The zero-order valence-electron chi connectivity index (χ0n) is 16.9. The third-order valence-corrected chi connectivity index (χ3v) is 5.58. The van der Waals surface area contributed by atoms with Crippen molar-refractivity contribution in [3.63, 3.8) is 0 Å². The molecular weight excluding hydrogens is 385 g/mol. The van der Waals surface area contributed by atoms with Crippen LogP contribution in [0.15, 0.2) is 46.6 Å². The number of fused-ring (bicyclic) bond motifs is 1. The summed E-state index contributed by atoms with van der Waals surface area (Å²) in [6.45, 7) is 5.45. The molecule has 3 heterocycles. The molecule has 0 N–H and O–H groups in total. The molecule has 4 rings (SSSR count). The highest BCUT2D eigenvalue weighted by atomic mass is 19.1. The maximum Gasteiger partial charge on any atom is 0.256 e. The minimum Gasteiger partial charge on any atom is -0.417 e. The number of hydrogen-bond acceptors (Lipinski definition) is 6. The largest absolute Gasteiger partial charge is 0.417 e. The molecule has 0 radical (unpaired) electrons. The Bertz CT molecular complexity index is 997. The maximum atomic E-state index is 13.4. The average Bonchev–Trinajstić information content (AvgIpc) is 3.37. The van der Waals surface area contributed by atoms with Crippen LogP contribution in [0.25, 0.3) is 11.5 Å². The molecule has 7 nitrogen and oxygen atoms in total. The van der Waals surface area contributed by atoms with Gasteiger partial charge in [0.05, 0.1) is 23.4 Å². The van der Waals surface area contributed by atoms with E-state index >= 15 is 0 Å². The van der Waals surface area contributed by atoms with Crippen LogP contribution < -0.4 is 0 Å². The van der Waals surface area contributed by atoms with Crippen molar-refractivity contribution in [1.82, 2.24) is 20.1 Å². The highest BCUT2D eigenvalue weighted by molar-refractivity contribution is 5.99. The fourth-order valence-corrected chi connectivity index (χ4v) is 4.06. The van der Waals surface area contributed by atoms with Gasteiger partial charge in [-0.05, 0) is 31.9 Å². The molecule has 0 aromatic carbocycles. The molecule has 1 aliphatic carbocycles. The molecule has 156 valence electrons. The lowest BCUT2D eigenvalue weighted by Gasteiger charge is -2.36. The maximum absolute atomic E-state index is 13.4. The number of nitrogens with zero attached hydrogens (tertiary/aromatic N) is 5.